The molecule has 5 N–H and O–H groups in total. The van der Waals surface area contributed by atoms with Crippen molar-refractivity contribution in [2.45, 2.75) is 24.9 Å². The van der Waals surface area contributed by atoms with Gasteiger partial charge in [0.2, 0.25) is 5.91 Å². The Morgan fingerprint density at radius 3 is 2.51 bits per heavy atom. The second-order valence-corrected chi connectivity index (χ2v) is 12.1. The van der Waals surface area contributed by atoms with Gasteiger partial charge in [-0.05, 0) is 49.3 Å². The van der Waals surface area contributed by atoms with E-state index in [0.717, 1.165) is 37.4 Å². The first kappa shape index (κ1) is 32.8. The van der Waals surface area contributed by atoms with E-state index >= 15 is 0 Å². The van der Waals surface area contributed by atoms with Gasteiger partial charge in [-0.15, -0.1) is 0 Å². The fourth-order valence-electron chi connectivity index (χ4n) is 5.93. The predicted octanol–water partition coefficient (Wildman–Crippen LogP) is 1.43. The Labute approximate surface area is 273 Å². The van der Waals surface area contributed by atoms with Gasteiger partial charge in [0.1, 0.15) is 6.10 Å². The Morgan fingerprint density at radius 2 is 1.79 bits per heavy atom. The number of H-pyrrole nitrogens is 1. The first-order valence-electron chi connectivity index (χ1n) is 15.8. The van der Waals surface area contributed by atoms with E-state index in [0.29, 0.717) is 46.3 Å². The highest BCUT2D eigenvalue weighted by molar-refractivity contribution is 6.60. The number of aliphatic imine (C=N–C) groups is 1. The standard InChI is InChI=1S/C34H40BN5O7/c1-38-15-17-40(18-16-38)21-29(41)39(2)25-11-9-24(10-12-25)36-31(22-6-4-3-5-7-22)30-26-13-8-23(20-27(26)37-33(30)43)35(45)47-28-14-19-46-34(44)32(28)42/h3-13,20,28,32,34,37,42-45H,14-19,21H2,1-2H3/t28-,32+,34?/m0/s1. The van der Waals surface area contributed by atoms with Crippen molar-refractivity contribution in [3.63, 3.8) is 0 Å². The molecule has 13 heteroatoms. The summed E-state index contributed by atoms with van der Waals surface area (Å²) < 4.78 is 10.7. The van der Waals surface area contributed by atoms with Crippen molar-refractivity contribution in [1.29, 1.82) is 0 Å². The van der Waals surface area contributed by atoms with Gasteiger partial charge in [-0.1, -0.05) is 42.5 Å². The molecular formula is C34H40BN5O7. The van der Waals surface area contributed by atoms with E-state index in [2.05, 4.69) is 21.8 Å². The average Bonchev–Trinajstić information content (AvgIpc) is 3.41. The molecule has 3 heterocycles. The smallest absolute Gasteiger partial charge is 0.491 e. The molecule has 1 aromatic heterocycles. The van der Waals surface area contributed by atoms with E-state index in [4.69, 9.17) is 14.4 Å². The number of benzene rings is 3. The average molecular weight is 642 g/mol. The van der Waals surface area contributed by atoms with Gasteiger partial charge in [0.15, 0.2) is 12.2 Å². The number of piperazine rings is 1. The highest BCUT2D eigenvalue weighted by Gasteiger charge is 2.35. The van der Waals surface area contributed by atoms with Gasteiger partial charge in [0, 0.05) is 55.4 Å². The maximum atomic E-state index is 13.0. The monoisotopic (exact) mass is 641 g/mol. The molecule has 0 bridgehead atoms. The maximum Gasteiger partial charge on any atom is 0.491 e. The molecule has 3 atom stereocenters. The highest BCUT2D eigenvalue weighted by Crippen LogP contribution is 2.32. The Bertz CT molecular complexity index is 1710. The zero-order valence-corrected chi connectivity index (χ0v) is 26.5. The normalized spacial score (nSPS) is 21.2. The predicted molar refractivity (Wildman–Crippen MR) is 181 cm³/mol. The molecule has 12 nitrogen and oxygen atoms in total. The molecule has 2 aliphatic heterocycles. The molecule has 4 aromatic rings. The van der Waals surface area contributed by atoms with Gasteiger partial charge < -0.3 is 44.5 Å². The lowest BCUT2D eigenvalue weighted by atomic mass is 9.78. The summed E-state index contributed by atoms with van der Waals surface area (Å²) in [6, 6.07) is 22.0. The van der Waals surface area contributed by atoms with E-state index in [1.807, 2.05) is 54.6 Å². The first-order valence-corrected chi connectivity index (χ1v) is 15.8. The van der Waals surface area contributed by atoms with E-state index in [-0.39, 0.29) is 18.4 Å². The SMILES string of the molecule is CN1CCN(CC(=O)N(C)c2ccc(N=C(c3ccccc3)c3c(O)[nH]c4cc(B(O)O[C@H]5CCOC(O)[C@@H]5O)ccc34)cc2)CC1. The maximum absolute atomic E-state index is 13.0. The summed E-state index contributed by atoms with van der Waals surface area (Å²) in [5.74, 6) is -0.0695. The Balaban J connectivity index is 1.25. The number of fused-ring (bicyclic) bond motifs is 1. The summed E-state index contributed by atoms with van der Waals surface area (Å²) in [6.07, 6.45) is -3.17. The first-order chi connectivity index (χ1) is 22.7. The zero-order valence-electron chi connectivity index (χ0n) is 26.5. The van der Waals surface area contributed by atoms with E-state index in [9.17, 15) is 25.1 Å². The summed E-state index contributed by atoms with van der Waals surface area (Å²) in [7, 11) is 2.48. The number of hydrogen-bond acceptors (Lipinski definition) is 10. The van der Waals surface area contributed by atoms with Crippen LogP contribution >= 0.6 is 0 Å². The molecule has 0 spiro atoms. The summed E-state index contributed by atoms with van der Waals surface area (Å²) >= 11 is 0. The van der Waals surface area contributed by atoms with Crippen LogP contribution in [0.2, 0.25) is 0 Å². The molecule has 2 fully saturated rings. The van der Waals surface area contributed by atoms with Crippen molar-refractivity contribution in [3.05, 3.63) is 83.9 Å². The third-order valence-electron chi connectivity index (χ3n) is 8.85. The lowest BCUT2D eigenvalue weighted by Crippen LogP contribution is -2.50. The number of ether oxygens (including phenoxy) is 1. The van der Waals surface area contributed by atoms with Crippen molar-refractivity contribution in [1.82, 2.24) is 14.8 Å². The number of nitrogens with zero attached hydrogens (tertiary/aromatic N) is 4. The van der Waals surface area contributed by atoms with Gasteiger partial charge in [0.05, 0.1) is 36.2 Å². The number of amides is 1. The van der Waals surface area contributed by atoms with Crippen LogP contribution in [0.3, 0.4) is 0 Å². The summed E-state index contributed by atoms with van der Waals surface area (Å²) in [5.41, 5.74) is 4.15. The van der Waals surface area contributed by atoms with Crippen molar-refractivity contribution in [2.75, 3.05) is 58.3 Å². The van der Waals surface area contributed by atoms with Crippen LogP contribution in [-0.2, 0) is 14.2 Å². The number of nitrogens with one attached hydrogen (secondary N) is 1. The molecule has 0 radical (unpaired) electrons. The molecule has 0 saturated carbocycles. The third-order valence-corrected chi connectivity index (χ3v) is 8.85. The topological polar surface area (TPSA) is 154 Å². The van der Waals surface area contributed by atoms with Crippen LogP contribution in [0.4, 0.5) is 11.4 Å². The molecule has 246 valence electrons. The van der Waals surface area contributed by atoms with Crippen LogP contribution in [0, 0.1) is 0 Å². The van der Waals surface area contributed by atoms with Crippen LogP contribution in [-0.4, -0.2) is 126 Å². The number of hydrogen-bond donors (Lipinski definition) is 5. The number of likely N-dealkylation sites (N-methyl/N-ethyl adjacent to an activating group) is 2. The fourth-order valence-corrected chi connectivity index (χ4v) is 5.93. The van der Waals surface area contributed by atoms with Crippen LogP contribution in [0.1, 0.15) is 17.5 Å². The van der Waals surface area contributed by atoms with Gasteiger partial charge in [-0.2, -0.15) is 0 Å². The number of carbonyl (C=O) groups excluding carboxylic acids is 1. The van der Waals surface area contributed by atoms with Crippen LogP contribution < -0.4 is 10.4 Å². The molecule has 47 heavy (non-hydrogen) atoms. The summed E-state index contributed by atoms with van der Waals surface area (Å²) in [4.78, 5) is 27.1. The molecule has 3 aromatic carbocycles. The lowest BCUT2D eigenvalue weighted by molar-refractivity contribution is -0.216. The summed E-state index contributed by atoms with van der Waals surface area (Å²) in [5, 5.41) is 42.6. The van der Waals surface area contributed by atoms with Crippen molar-refractivity contribution >= 4 is 46.5 Å². The largest absolute Gasteiger partial charge is 0.494 e. The van der Waals surface area contributed by atoms with Gasteiger partial charge in [-0.25, -0.2) is 4.99 Å². The minimum absolute atomic E-state index is 0.0240. The van der Waals surface area contributed by atoms with Crippen molar-refractivity contribution in [3.8, 4) is 5.88 Å². The van der Waals surface area contributed by atoms with Crippen molar-refractivity contribution < 1.29 is 34.5 Å². The van der Waals surface area contributed by atoms with E-state index in [1.165, 1.54) is 0 Å². The molecule has 1 amide bonds. The number of anilines is 1. The van der Waals surface area contributed by atoms with Gasteiger partial charge in [-0.3, -0.25) is 9.69 Å². The Kier molecular flexibility index (Phi) is 10.0. The molecule has 1 unspecified atom stereocenters. The minimum atomic E-state index is -1.38. The van der Waals surface area contributed by atoms with Gasteiger partial charge >= 0.3 is 7.12 Å². The molecule has 6 rings (SSSR count). The molecule has 0 aliphatic carbocycles. The molecule has 2 aliphatic rings. The van der Waals surface area contributed by atoms with Crippen molar-refractivity contribution in [2.24, 2.45) is 4.99 Å². The number of aliphatic hydroxyl groups excluding tert-OH is 2. The van der Waals surface area contributed by atoms with E-state index < -0.39 is 25.6 Å². The molecular weight excluding hydrogens is 601 g/mol. The van der Waals surface area contributed by atoms with Crippen LogP contribution in [0.15, 0.2) is 77.8 Å². The second kappa shape index (κ2) is 14.4. The number of rotatable bonds is 9. The zero-order chi connectivity index (χ0) is 33.1. The number of aromatic amines is 1. The quantitative estimate of drug-likeness (QED) is 0.135. The second-order valence-electron chi connectivity index (χ2n) is 12.1. The number of aliphatic hydroxyl groups is 2. The Morgan fingerprint density at radius 1 is 1.06 bits per heavy atom. The van der Waals surface area contributed by atoms with Crippen LogP contribution in [0.5, 0.6) is 5.88 Å². The molecule has 2 saturated heterocycles. The number of aromatic nitrogens is 1. The highest BCUT2D eigenvalue weighted by atomic mass is 16.6. The van der Waals surface area contributed by atoms with Crippen LogP contribution in [0.25, 0.3) is 10.9 Å². The summed E-state index contributed by atoms with van der Waals surface area (Å²) in [6.45, 7) is 4.20. The number of aromatic hydroxyl groups is 1. The fraction of sp³-hybridized carbons (Fsp3) is 0.353. The third kappa shape index (κ3) is 7.42. The minimum Gasteiger partial charge on any atom is -0.494 e. The lowest BCUT2D eigenvalue weighted by Gasteiger charge is -2.32. The van der Waals surface area contributed by atoms with Gasteiger partial charge in [0.25, 0.3) is 0 Å². The van der Waals surface area contributed by atoms with E-state index in [1.54, 1.807) is 30.1 Å². The number of carbonyl (C=O) groups is 1. The Hall–Kier alpha value is -4.08.